The van der Waals surface area contributed by atoms with Crippen LogP contribution in [-0.4, -0.2) is 63.4 Å². The lowest BCUT2D eigenvalue weighted by atomic mass is 10.0. The van der Waals surface area contributed by atoms with Gasteiger partial charge < -0.3 is 15.1 Å². The van der Waals surface area contributed by atoms with Crippen molar-refractivity contribution in [3.05, 3.63) is 58.9 Å². The molecular formula is C22H24ClFN2O3. The van der Waals surface area contributed by atoms with Crippen LogP contribution in [0.1, 0.15) is 30.1 Å². The maximum Gasteiger partial charge on any atom is 0.254 e. The first-order valence-electron chi connectivity index (χ1n) is 9.79. The summed E-state index contributed by atoms with van der Waals surface area (Å²) in [4.78, 5) is 16.6. The van der Waals surface area contributed by atoms with Crippen LogP contribution < -0.4 is 0 Å². The second-order valence-electron chi connectivity index (χ2n) is 8.02. The van der Waals surface area contributed by atoms with E-state index in [0.717, 1.165) is 0 Å². The molecule has 29 heavy (non-hydrogen) atoms. The van der Waals surface area contributed by atoms with Crippen molar-refractivity contribution in [2.45, 2.75) is 37.6 Å². The summed E-state index contributed by atoms with van der Waals surface area (Å²) < 4.78 is 14.1. The third-order valence-corrected chi connectivity index (χ3v) is 6.12. The van der Waals surface area contributed by atoms with Crippen molar-refractivity contribution in [2.24, 2.45) is 0 Å². The smallest absolute Gasteiger partial charge is 0.254 e. The van der Waals surface area contributed by atoms with Gasteiger partial charge in [-0.05, 0) is 55.7 Å². The summed E-state index contributed by atoms with van der Waals surface area (Å²) in [6, 6.07) is 11.3. The fourth-order valence-electron chi connectivity index (χ4n) is 3.92. The highest BCUT2D eigenvalue weighted by Crippen LogP contribution is 2.40. The summed E-state index contributed by atoms with van der Waals surface area (Å²) in [7, 11) is 0. The van der Waals surface area contributed by atoms with Gasteiger partial charge in [-0.1, -0.05) is 23.7 Å². The van der Waals surface area contributed by atoms with Gasteiger partial charge in [0.1, 0.15) is 17.6 Å². The number of carbonyl (C=O) groups excluding carboxylic acids is 1. The van der Waals surface area contributed by atoms with Crippen molar-refractivity contribution in [1.82, 2.24) is 9.80 Å². The molecule has 2 fully saturated rings. The zero-order chi connectivity index (χ0) is 20.8. The Kier molecular flexibility index (Phi) is 5.38. The van der Waals surface area contributed by atoms with Crippen LogP contribution >= 0.6 is 11.6 Å². The van der Waals surface area contributed by atoms with Crippen molar-refractivity contribution in [1.29, 1.82) is 0 Å². The molecular weight excluding hydrogens is 395 g/mol. The van der Waals surface area contributed by atoms with E-state index in [9.17, 15) is 19.4 Å². The van der Waals surface area contributed by atoms with Gasteiger partial charge in [-0.25, -0.2) is 4.39 Å². The molecule has 0 aromatic heterocycles. The van der Waals surface area contributed by atoms with Gasteiger partial charge in [-0.2, -0.15) is 0 Å². The van der Waals surface area contributed by atoms with Gasteiger partial charge in [0, 0.05) is 41.8 Å². The molecule has 5 nitrogen and oxygen atoms in total. The molecule has 2 aliphatic rings. The van der Waals surface area contributed by atoms with Crippen LogP contribution in [0.25, 0.3) is 11.1 Å². The number of benzene rings is 2. The molecule has 0 radical (unpaired) electrons. The Hall–Kier alpha value is -1.99. The summed E-state index contributed by atoms with van der Waals surface area (Å²) in [5.41, 5.74) is 0.653. The first kappa shape index (κ1) is 20.3. The summed E-state index contributed by atoms with van der Waals surface area (Å²) >= 11 is 5.81. The fraction of sp³-hybridized carbons (Fsp3) is 0.409. The zero-order valence-corrected chi connectivity index (χ0v) is 16.9. The SMILES string of the molecule is C[C@@H]1CN(C(O)C2(O)CC2)CCN1C(=O)c1ccc(-c2ccc(Cl)cc2F)cc1. The van der Waals surface area contributed by atoms with Gasteiger partial charge in [0.25, 0.3) is 5.91 Å². The van der Waals surface area contributed by atoms with Crippen molar-refractivity contribution in [3.63, 3.8) is 0 Å². The summed E-state index contributed by atoms with van der Waals surface area (Å²) in [6.45, 7) is 3.42. The predicted molar refractivity (Wildman–Crippen MR) is 109 cm³/mol. The average Bonchev–Trinajstić information content (AvgIpc) is 3.46. The first-order chi connectivity index (χ1) is 13.8. The molecule has 4 rings (SSSR count). The third-order valence-electron chi connectivity index (χ3n) is 5.88. The second-order valence-corrected chi connectivity index (χ2v) is 8.46. The Morgan fingerprint density at radius 3 is 2.48 bits per heavy atom. The maximum absolute atomic E-state index is 14.1. The summed E-state index contributed by atoms with van der Waals surface area (Å²) in [5, 5.41) is 20.8. The average molecular weight is 419 g/mol. The van der Waals surface area contributed by atoms with Crippen LogP contribution in [0.4, 0.5) is 4.39 Å². The van der Waals surface area contributed by atoms with E-state index in [2.05, 4.69) is 0 Å². The Bertz CT molecular complexity index is 917. The van der Waals surface area contributed by atoms with E-state index in [1.807, 2.05) is 11.8 Å². The number of amides is 1. The van der Waals surface area contributed by atoms with E-state index in [1.54, 1.807) is 41.3 Å². The predicted octanol–water partition coefficient (Wildman–Crippen LogP) is 3.14. The van der Waals surface area contributed by atoms with Gasteiger partial charge in [0.05, 0.1) is 0 Å². The molecule has 2 aromatic rings. The van der Waals surface area contributed by atoms with Gasteiger partial charge >= 0.3 is 0 Å². The molecule has 1 saturated carbocycles. The lowest BCUT2D eigenvalue weighted by Gasteiger charge is -2.42. The number of hydrogen-bond acceptors (Lipinski definition) is 4. The number of piperazine rings is 1. The number of halogens is 2. The summed E-state index contributed by atoms with van der Waals surface area (Å²) in [6.07, 6.45) is 0.348. The highest BCUT2D eigenvalue weighted by atomic mass is 35.5. The molecule has 1 amide bonds. The van der Waals surface area contributed by atoms with Crippen LogP contribution in [0, 0.1) is 5.82 Å². The lowest BCUT2D eigenvalue weighted by molar-refractivity contribution is -0.114. The third kappa shape index (κ3) is 4.03. The highest BCUT2D eigenvalue weighted by Gasteiger charge is 2.50. The molecule has 1 unspecified atom stereocenters. The van der Waals surface area contributed by atoms with Crippen molar-refractivity contribution in [3.8, 4) is 11.1 Å². The second kappa shape index (κ2) is 7.69. The number of hydrogen-bond donors (Lipinski definition) is 2. The molecule has 2 atom stereocenters. The van der Waals surface area contributed by atoms with E-state index >= 15 is 0 Å². The number of rotatable bonds is 4. The number of nitrogens with zero attached hydrogens (tertiary/aromatic N) is 2. The first-order valence-corrected chi connectivity index (χ1v) is 10.2. The zero-order valence-electron chi connectivity index (χ0n) is 16.2. The molecule has 154 valence electrons. The minimum atomic E-state index is -0.987. The van der Waals surface area contributed by atoms with Crippen molar-refractivity contribution in [2.75, 3.05) is 19.6 Å². The highest BCUT2D eigenvalue weighted by molar-refractivity contribution is 6.30. The monoisotopic (exact) mass is 418 g/mol. The van der Waals surface area contributed by atoms with Gasteiger partial charge in [-0.15, -0.1) is 0 Å². The topological polar surface area (TPSA) is 64.0 Å². The molecule has 1 saturated heterocycles. The summed E-state index contributed by atoms with van der Waals surface area (Å²) in [5.74, 6) is -0.503. The molecule has 1 aliphatic carbocycles. The largest absolute Gasteiger partial charge is 0.386 e. The van der Waals surface area contributed by atoms with Crippen molar-refractivity contribution < 1.29 is 19.4 Å². The minimum absolute atomic E-state index is 0.0957. The van der Waals surface area contributed by atoms with E-state index in [-0.39, 0.29) is 11.9 Å². The number of carbonyl (C=O) groups is 1. The molecule has 1 heterocycles. The van der Waals surface area contributed by atoms with Crippen LogP contribution in [-0.2, 0) is 0 Å². The molecule has 0 bridgehead atoms. The van der Waals surface area contributed by atoms with Crippen LogP contribution in [0.2, 0.25) is 5.02 Å². The van der Waals surface area contributed by atoms with Crippen LogP contribution in [0.3, 0.4) is 0 Å². The van der Waals surface area contributed by atoms with Gasteiger partial charge in [-0.3, -0.25) is 9.69 Å². The van der Waals surface area contributed by atoms with Crippen molar-refractivity contribution >= 4 is 17.5 Å². The molecule has 0 spiro atoms. The molecule has 1 aliphatic heterocycles. The molecule has 7 heteroatoms. The standard InChI is InChI=1S/C22H24ClFN2O3/c1-14-13-25(21(28)22(29)8-9-22)10-11-26(14)20(27)16-4-2-15(3-5-16)18-7-6-17(23)12-19(18)24/h2-7,12,14,21,28-29H,8-11,13H2,1H3/t14-,21?/m1/s1. The molecule has 2 N–H and O–H groups in total. The lowest BCUT2D eigenvalue weighted by Crippen LogP contribution is -2.59. The van der Waals surface area contributed by atoms with E-state index in [4.69, 9.17) is 11.6 Å². The van der Waals surface area contributed by atoms with Crippen LogP contribution in [0.15, 0.2) is 42.5 Å². The fourth-order valence-corrected chi connectivity index (χ4v) is 4.08. The number of aliphatic hydroxyl groups is 2. The number of aliphatic hydroxyl groups excluding tert-OH is 1. The normalized spacial score (nSPS) is 22.4. The Morgan fingerprint density at radius 1 is 1.21 bits per heavy atom. The Labute approximate surface area is 174 Å². The van der Waals surface area contributed by atoms with Gasteiger partial charge in [0.2, 0.25) is 0 Å². The van der Waals surface area contributed by atoms with Gasteiger partial charge in [0.15, 0.2) is 0 Å². The quantitative estimate of drug-likeness (QED) is 0.800. The van der Waals surface area contributed by atoms with E-state index < -0.39 is 17.6 Å². The Balaban J connectivity index is 1.44. The van der Waals surface area contributed by atoms with E-state index in [0.29, 0.717) is 54.2 Å². The minimum Gasteiger partial charge on any atom is -0.386 e. The van der Waals surface area contributed by atoms with E-state index in [1.165, 1.54) is 6.07 Å². The van der Waals surface area contributed by atoms with Crippen LogP contribution in [0.5, 0.6) is 0 Å². The molecule has 2 aromatic carbocycles. The maximum atomic E-state index is 14.1. The Morgan fingerprint density at radius 2 is 1.90 bits per heavy atom.